The van der Waals surface area contributed by atoms with Gasteiger partial charge in [-0.05, 0) is 46.0 Å². The van der Waals surface area contributed by atoms with Crippen molar-refractivity contribution in [1.29, 1.82) is 0 Å². The van der Waals surface area contributed by atoms with Crippen molar-refractivity contribution in [3.05, 3.63) is 11.8 Å². The molecule has 0 radical (unpaired) electrons. The van der Waals surface area contributed by atoms with Crippen molar-refractivity contribution in [2.24, 2.45) is 5.92 Å². The molecule has 0 unspecified atom stereocenters. The van der Waals surface area contributed by atoms with Crippen LogP contribution in [0.5, 0.6) is 0 Å². The maximum atomic E-state index is 13.7. The molecule has 3 aliphatic heterocycles. The number of nitrogens with one attached hydrogen (secondary N) is 1. The lowest BCUT2D eigenvalue weighted by Crippen LogP contribution is -2.52. The number of ether oxygens (including phenoxy) is 1. The Balaban J connectivity index is 1.34. The number of alkyl halides is 3. The Morgan fingerprint density at radius 1 is 1.23 bits per heavy atom. The van der Waals surface area contributed by atoms with E-state index in [-0.39, 0.29) is 36.5 Å². The fraction of sp³-hybridized carbons (Fsp3) is 0.810. The van der Waals surface area contributed by atoms with Gasteiger partial charge in [0.05, 0.1) is 24.4 Å². The number of hydrogen-bond donors (Lipinski definition) is 1. The summed E-state index contributed by atoms with van der Waals surface area (Å²) in [6.45, 7) is 8.76. The standard InChI is InChI=1S/C21H32F3N5O2/c1-13-8-19-25-17(9-18(21(22,23)24)29(19)26-13)16-4-6-28(7-5-16)20(30)12-27-10-14(2)31-15(3)11-27/h8,14-18,25H,4-7,9-12H2,1-3H3/t14-,15-,17-,18+/m0/s1. The molecule has 2 fully saturated rings. The number of hydrogen-bond acceptors (Lipinski definition) is 5. The molecular weight excluding hydrogens is 411 g/mol. The van der Waals surface area contributed by atoms with Crippen LogP contribution in [-0.4, -0.2) is 82.6 Å². The number of aromatic nitrogens is 2. The summed E-state index contributed by atoms with van der Waals surface area (Å²) in [4.78, 5) is 16.8. The smallest absolute Gasteiger partial charge is 0.373 e. The lowest BCUT2D eigenvalue weighted by Gasteiger charge is -2.41. The van der Waals surface area contributed by atoms with E-state index in [1.165, 1.54) is 0 Å². The molecule has 4 rings (SSSR count). The number of fused-ring (bicyclic) bond motifs is 1. The van der Waals surface area contributed by atoms with Crippen molar-refractivity contribution in [1.82, 2.24) is 19.6 Å². The summed E-state index contributed by atoms with van der Waals surface area (Å²) in [5, 5.41) is 7.33. The Hall–Kier alpha value is -1.81. The number of halogens is 3. The van der Waals surface area contributed by atoms with E-state index in [2.05, 4.69) is 15.3 Å². The first-order valence-corrected chi connectivity index (χ1v) is 11.1. The third kappa shape index (κ3) is 5.00. The van der Waals surface area contributed by atoms with Gasteiger partial charge in [-0.25, -0.2) is 4.68 Å². The van der Waals surface area contributed by atoms with Crippen LogP contribution in [0, 0.1) is 12.8 Å². The lowest BCUT2D eigenvalue weighted by molar-refractivity contribution is -0.174. The first-order chi connectivity index (χ1) is 14.6. The third-order valence-electron chi connectivity index (χ3n) is 6.66. The average molecular weight is 444 g/mol. The Morgan fingerprint density at radius 2 is 1.87 bits per heavy atom. The Kier molecular flexibility index (Phi) is 6.22. The van der Waals surface area contributed by atoms with E-state index < -0.39 is 12.2 Å². The molecular formula is C21H32F3N5O2. The molecule has 3 aliphatic rings. The molecule has 4 atom stereocenters. The van der Waals surface area contributed by atoms with Crippen molar-refractivity contribution in [2.45, 2.75) is 70.5 Å². The maximum Gasteiger partial charge on any atom is 0.410 e. The van der Waals surface area contributed by atoms with E-state index in [1.54, 1.807) is 13.0 Å². The monoisotopic (exact) mass is 443 g/mol. The van der Waals surface area contributed by atoms with Gasteiger partial charge in [-0.2, -0.15) is 18.3 Å². The van der Waals surface area contributed by atoms with Gasteiger partial charge < -0.3 is 15.0 Å². The first kappa shape index (κ1) is 22.4. The highest BCUT2D eigenvalue weighted by molar-refractivity contribution is 5.78. The summed E-state index contributed by atoms with van der Waals surface area (Å²) in [6.07, 6.45) is -2.73. The van der Waals surface area contributed by atoms with Crippen molar-refractivity contribution in [3.8, 4) is 0 Å². The minimum absolute atomic E-state index is 0.0280. The summed E-state index contributed by atoms with van der Waals surface area (Å²) in [5.74, 6) is 0.629. The Labute approximate surface area is 180 Å². The van der Waals surface area contributed by atoms with Gasteiger partial charge in [-0.3, -0.25) is 9.69 Å². The molecule has 1 amide bonds. The largest absolute Gasteiger partial charge is 0.410 e. The first-order valence-electron chi connectivity index (χ1n) is 11.1. The van der Waals surface area contributed by atoms with Gasteiger partial charge in [0.25, 0.3) is 0 Å². The predicted octanol–water partition coefficient (Wildman–Crippen LogP) is 2.83. The second-order valence-corrected chi connectivity index (χ2v) is 9.33. The molecule has 7 nitrogen and oxygen atoms in total. The molecule has 174 valence electrons. The van der Waals surface area contributed by atoms with E-state index in [1.807, 2.05) is 18.7 Å². The number of morpholine rings is 1. The predicted molar refractivity (Wildman–Crippen MR) is 110 cm³/mol. The van der Waals surface area contributed by atoms with Gasteiger partial charge in [0.2, 0.25) is 5.91 Å². The fourth-order valence-corrected chi connectivity index (χ4v) is 5.29. The number of nitrogens with zero attached hydrogens (tertiary/aromatic N) is 4. The number of aryl methyl sites for hydroxylation is 1. The molecule has 31 heavy (non-hydrogen) atoms. The molecule has 1 aromatic heterocycles. The van der Waals surface area contributed by atoms with Gasteiger partial charge in [0, 0.05) is 38.3 Å². The molecule has 1 N–H and O–H groups in total. The minimum atomic E-state index is -4.34. The second kappa shape index (κ2) is 8.61. The van der Waals surface area contributed by atoms with E-state index in [4.69, 9.17) is 4.74 Å². The second-order valence-electron chi connectivity index (χ2n) is 9.33. The minimum Gasteiger partial charge on any atom is -0.373 e. The lowest BCUT2D eigenvalue weighted by atomic mass is 9.84. The van der Waals surface area contributed by atoms with Crippen LogP contribution in [0.15, 0.2) is 6.07 Å². The van der Waals surface area contributed by atoms with Crippen LogP contribution in [0.25, 0.3) is 0 Å². The molecule has 0 aliphatic carbocycles. The van der Waals surface area contributed by atoms with Crippen molar-refractivity contribution in [2.75, 3.05) is 38.0 Å². The molecule has 1 aromatic rings. The average Bonchev–Trinajstić information content (AvgIpc) is 3.05. The molecule has 0 spiro atoms. The zero-order valence-electron chi connectivity index (χ0n) is 18.4. The van der Waals surface area contributed by atoms with Crippen LogP contribution in [0.1, 0.15) is 44.8 Å². The molecule has 0 aromatic carbocycles. The van der Waals surface area contributed by atoms with Crippen LogP contribution in [0.3, 0.4) is 0 Å². The van der Waals surface area contributed by atoms with E-state index in [0.29, 0.717) is 44.0 Å². The topological polar surface area (TPSA) is 62.6 Å². The Bertz CT molecular complexity index is 780. The van der Waals surface area contributed by atoms with Crippen LogP contribution in [-0.2, 0) is 9.53 Å². The zero-order valence-corrected chi connectivity index (χ0v) is 18.4. The molecule has 2 saturated heterocycles. The normalized spacial score (nSPS) is 30.7. The van der Waals surface area contributed by atoms with Crippen LogP contribution in [0.2, 0.25) is 0 Å². The quantitative estimate of drug-likeness (QED) is 0.779. The van der Waals surface area contributed by atoms with E-state index >= 15 is 0 Å². The molecule has 0 saturated carbocycles. The van der Waals surface area contributed by atoms with Crippen LogP contribution >= 0.6 is 0 Å². The van der Waals surface area contributed by atoms with Crippen molar-refractivity contribution < 1.29 is 22.7 Å². The number of likely N-dealkylation sites (tertiary alicyclic amines) is 1. The molecule has 4 heterocycles. The van der Waals surface area contributed by atoms with Crippen molar-refractivity contribution >= 4 is 11.7 Å². The summed E-state index contributed by atoms with van der Waals surface area (Å²) >= 11 is 0. The molecule has 0 bridgehead atoms. The number of carbonyl (C=O) groups is 1. The third-order valence-corrected chi connectivity index (χ3v) is 6.66. The number of amides is 1. The number of rotatable bonds is 3. The molecule has 10 heteroatoms. The van der Waals surface area contributed by atoms with Crippen LogP contribution in [0.4, 0.5) is 19.0 Å². The van der Waals surface area contributed by atoms with Gasteiger partial charge in [0.15, 0.2) is 6.04 Å². The van der Waals surface area contributed by atoms with Gasteiger partial charge >= 0.3 is 6.18 Å². The number of carbonyl (C=O) groups excluding carboxylic acids is 1. The highest BCUT2D eigenvalue weighted by Gasteiger charge is 2.47. The number of anilines is 1. The summed E-state index contributed by atoms with van der Waals surface area (Å²) in [5.41, 5.74) is 0.574. The van der Waals surface area contributed by atoms with E-state index in [9.17, 15) is 18.0 Å². The highest BCUT2D eigenvalue weighted by Crippen LogP contribution is 2.42. The summed E-state index contributed by atoms with van der Waals surface area (Å²) in [6, 6.07) is -0.200. The van der Waals surface area contributed by atoms with Gasteiger partial charge in [-0.15, -0.1) is 0 Å². The summed E-state index contributed by atoms with van der Waals surface area (Å²) in [7, 11) is 0. The SMILES string of the molecule is Cc1cc2n(n1)[C@@H](C(F)(F)F)C[C@@H](C1CCN(C(=O)CN3C[C@H](C)O[C@@H](C)C3)CC1)N2. The fourth-order valence-electron chi connectivity index (χ4n) is 5.29. The van der Waals surface area contributed by atoms with E-state index in [0.717, 1.165) is 17.8 Å². The Morgan fingerprint density at radius 3 is 2.48 bits per heavy atom. The maximum absolute atomic E-state index is 13.7. The summed E-state index contributed by atoms with van der Waals surface area (Å²) < 4.78 is 47.8. The zero-order chi connectivity index (χ0) is 22.3. The number of piperidine rings is 1. The van der Waals surface area contributed by atoms with Crippen LogP contribution < -0.4 is 5.32 Å². The van der Waals surface area contributed by atoms with Gasteiger partial charge in [-0.1, -0.05) is 0 Å². The highest BCUT2D eigenvalue weighted by atomic mass is 19.4. The van der Waals surface area contributed by atoms with Gasteiger partial charge in [0.1, 0.15) is 5.82 Å². The van der Waals surface area contributed by atoms with Crippen molar-refractivity contribution in [3.63, 3.8) is 0 Å².